The van der Waals surface area contributed by atoms with Gasteiger partial charge in [0.05, 0.1) is 11.7 Å². The quantitative estimate of drug-likeness (QED) is 0.243. The van der Waals surface area contributed by atoms with Crippen molar-refractivity contribution in [2.24, 2.45) is 0 Å². The van der Waals surface area contributed by atoms with E-state index in [0.717, 1.165) is 29.7 Å². The summed E-state index contributed by atoms with van der Waals surface area (Å²) in [6.07, 6.45) is 1.58. The van der Waals surface area contributed by atoms with Crippen molar-refractivity contribution in [3.8, 4) is 11.8 Å². The Morgan fingerprint density at radius 2 is 1.47 bits per heavy atom. The van der Waals surface area contributed by atoms with E-state index in [2.05, 4.69) is 34.6 Å². The number of anilines is 1. The number of ketones is 1. The fraction of sp³-hybridized carbons (Fsp3) is 0.361. The minimum atomic E-state index is -0.847. The number of Topliss-reactive ketones (excluding diaryl/α,β-unsaturated/α-hetero) is 1. The molecule has 2 amide bonds. The largest absolute Gasteiger partial charge is 0.374 e. The summed E-state index contributed by atoms with van der Waals surface area (Å²) in [5, 5.41) is 5.75. The molecule has 0 radical (unpaired) electrons. The van der Waals surface area contributed by atoms with Gasteiger partial charge in [-0.3, -0.25) is 14.4 Å². The molecule has 1 unspecified atom stereocenters. The Morgan fingerprint density at radius 3 is 2.05 bits per heavy atom. The van der Waals surface area contributed by atoms with Gasteiger partial charge in [-0.15, -0.1) is 0 Å². The Bertz CT molecular complexity index is 1400. The second kappa shape index (κ2) is 16.4. The molecular weight excluding hydrogens is 540 g/mol. The van der Waals surface area contributed by atoms with Gasteiger partial charge in [0, 0.05) is 35.4 Å². The summed E-state index contributed by atoms with van der Waals surface area (Å²) in [7, 11) is 0. The third-order valence-corrected chi connectivity index (χ3v) is 6.47. The SMILES string of the molecule is CCOCC(=O)C(NC(=O)c1ccc(C#Cc2ccc(NC(=O)CCCc3ccccc3)cc2)cc1)[C@@H](C)OC(C)(C)C. The Labute approximate surface area is 255 Å². The van der Waals surface area contributed by atoms with Crippen LogP contribution in [0.2, 0.25) is 0 Å². The minimum absolute atomic E-state index is 0.0138. The number of carbonyl (C=O) groups is 3. The highest BCUT2D eigenvalue weighted by molar-refractivity contribution is 5.98. The molecule has 0 aromatic heterocycles. The summed E-state index contributed by atoms with van der Waals surface area (Å²) in [5.41, 5.74) is 3.42. The monoisotopic (exact) mass is 582 g/mol. The molecule has 2 N–H and O–H groups in total. The normalized spacial score (nSPS) is 12.4. The molecule has 2 atom stereocenters. The molecule has 226 valence electrons. The highest BCUT2D eigenvalue weighted by Crippen LogP contribution is 2.15. The zero-order chi connectivity index (χ0) is 31.2. The molecule has 0 saturated carbocycles. The van der Waals surface area contributed by atoms with E-state index in [-0.39, 0.29) is 24.2 Å². The zero-order valence-corrected chi connectivity index (χ0v) is 25.7. The van der Waals surface area contributed by atoms with Crippen LogP contribution in [-0.2, 0) is 25.5 Å². The Hall–Kier alpha value is -4.25. The molecule has 3 rings (SSSR count). The van der Waals surface area contributed by atoms with Crippen LogP contribution in [-0.4, -0.2) is 48.6 Å². The summed E-state index contributed by atoms with van der Waals surface area (Å²) in [6, 6.07) is 23.5. The van der Waals surface area contributed by atoms with Crippen molar-refractivity contribution in [2.45, 2.75) is 71.6 Å². The summed E-state index contributed by atoms with van der Waals surface area (Å²) in [5.74, 6) is 5.57. The maximum Gasteiger partial charge on any atom is 0.251 e. The lowest BCUT2D eigenvalue weighted by Gasteiger charge is -2.30. The van der Waals surface area contributed by atoms with Crippen LogP contribution in [0.25, 0.3) is 0 Å². The van der Waals surface area contributed by atoms with Crippen LogP contribution in [0.1, 0.15) is 74.5 Å². The first-order chi connectivity index (χ1) is 20.5. The first kappa shape index (κ1) is 33.3. The first-order valence-electron chi connectivity index (χ1n) is 14.7. The predicted molar refractivity (Wildman–Crippen MR) is 170 cm³/mol. The van der Waals surface area contributed by atoms with Gasteiger partial charge < -0.3 is 20.1 Å². The smallest absolute Gasteiger partial charge is 0.251 e. The average Bonchev–Trinajstić information content (AvgIpc) is 2.98. The lowest BCUT2D eigenvalue weighted by molar-refractivity contribution is -0.133. The lowest BCUT2D eigenvalue weighted by Crippen LogP contribution is -2.51. The number of benzene rings is 3. The van der Waals surface area contributed by atoms with E-state index in [4.69, 9.17) is 9.47 Å². The van der Waals surface area contributed by atoms with Gasteiger partial charge in [-0.05, 0) is 102 Å². The van der Waals surface area contributed by atoms with Crippen LogP contribution >= 0.6 is 0 Å². The van der Waals surface area contributed by atoms with E-state index in [1.807, 2.05) is 70.2 Å². The van der Waals surface area contributed by atoms with Crippen molar-refractivity contribution in [3.63, 3.8) is 0 Å². The number of ether oxygens (including phenoxy) is 2. The van der Waals surface area contributed by atoms with Crippen molar-refractivity contribution in [1.29, 1.82) is 0 Å². The molecular formula is C36H42N2O5. The number of rotatable bonds is 13. The predicted octanol–water partition coefficient (Wildman–Crippen LogP) is 5.96. The van der Waals surface area contributed by atoms with Crippen LogP contribution < -0.4 is 10.6 Å². The number of carbonyl (C=O) groups excluding carboxylic acids is 3. The van der Waals surface area contributed by atoms with Gasteiger partial charge in [0.2, 0.25) is 5.91 Å². The Morgan fingerprint density at radius 1 is 0.860 bits per heavy atom. The van der Waals surface area contributed by atoms with Crippen LogP contribution in [0.4, 0.5) is 5.69 Å². The van der Waals surface area contributed by atoms with E-state index in [9.17, 15) is 14.4 Å². The molecule has 3 aromatic rings. The summed E-state index contributed by atoms with van der Waals surface area (Å²) < 4.78 is 11.2. The molecule has 0 aliphatic carbocycles. The van der Waals surface area contributed by atoms with E-state index in [1.165, 1.54) is 5.56 Å². The number of hydrogen-bond acceptors (Lipinski definition) is 5. The van der Waals surface area contributed by atoms with Gasteiger partial charge in [-0.1, -0.05) is 42.2 Å². The third-order valence-electron chi connectivity index (χ3n) is 6.47. The molecule has 0 fully saturated rings. The molecule has 43 heavy (non-hydrogen) atoms. The first-order valence-corrected chi connectivity index (χ1v) is 14.7. The van der Waals surface area contributed by atoms with Gasteiger partial charge in [0.25, 0.3) is 5.91 Å². The standard InChI is InChI=1S/C36H42N2O5/c1-6-42-25-32(39)34(26(2)43-36(3,4)5)38-35(41)30-21-17-28(18-22-30)15-16-29-19-23-31(24-20-29)37-33(40)14-10-13-27-11-8-7-9-12-27/h7-9,11-12,17-24,26,34H,6,10,13-14,25H2,1-5H3,(H,37,40)(H,38,41)/t26-,34?/m1/s1. The second-order valence-corrected chi connectivity index (χ2v) is 11.3. The molecule has 0 bridgehead atoms. The van der Waals surface area contributed by atoms with Gasteiger partial charge in [0.15, 0.2) is 5.78 Å². The van der Waals surface area contributed by atoms with E-state index < -0.39 is 17.7 Å². The molecule has 0 saturated heterocycles. The summed E-state index contributed by atoms with van der Waals surface area (Å²) >= 11 is 0. The van der Waals surface area contributed by atoms with Crippen molar-refractivity contribution in [1.82, 2.24) is 5.32 Å². The minimum Gasteiger partial charge on any atom is -0.374 e. The number of hydrogen-bond donors (Lipinski definition) is 2. The van der Waals surface area contributed by atoms with Crippen molar-refractivity contribution in [2.75, 3.05) is 18.5 Å². The van der Waals surface area contributed by atoms with Crippen molar-refractivity contribution >= 4 is 23.3 Å². The molecule has 0 aliphatic heterocycles. The van der Waals surface area contributed by atoms with Crippen LogP contribution in [0.5, 0.6) is 0 Å². The van der Waals surface area contributed by atoms with Gasteiger partial charge >= 0.3 is 0 Å². The molecule has 0 heterocycles. The van der Waals surface area contributed by atoms with E-state index in [1.54, 1.807) is 31.2 Å². The van der Waals surface area contributed by atoms with Crippen LogP contribution in [0, 0.1) is 11.8 Å². The topological polar surface area (TPSA) is 93.7 Å². The van der Waals surface area contributed by atoms with Crippen LogP contribution in [0.3, 0.4) is 0 Å². The second-order valence-electron chi connectivity index (χ2n) is 11.3. The van der Waals surface area contributed by atoms with E-state index >= 15 is 0 Å². The lowest BCUT2D eigenvalue weighted by atomic mass is 10.0. The maximum absolute atomic E-state index is 13.0. The molecule has 0 spiro atoms. The Balaban J connectivity index is 1.54. The number of nitrogens with one attached hydrogen (secondary N) is 2. The van der Waals surface area contributed by atoms with Crippen molar-refractivity contribution < 1.29 is 23.9 Å². The fourth-order valence-electron chi connectivity index (χ4n) is 4.41. The average molecular weight is 583 g/mol. The summed E-state index contributed by atoms with van der Waals surface area (Å²) in [4.78, 5) is 38.1. The molecule has 7 heteroatoms. The Kier molecular flexibility index (Phi) is 12.7. The van der Waals surface area contributed by atoms with Gasteiger partial charge in [-0.2, -0.15) is 0 Å². The number of aryl methyl sites for hydroxylation is 1. The van der Waals surface area contributed by atoms with Gasteiger partial charge in [-0.25, -0.2) is 0 Å². The molecule has 0 aliphatic rings. The van der Waals surface area contributed by atoms with E-state index in [0.29, 0.717) is 18.6 Å². The maximum atomic E-state index is 13.0. The zero-order valence-electron chi connectivity index (χ0n) is 25.7. The third kappa shape index (κ3) is 11.9. The fourth-order valence-corrected chi connectivity index (χ4v) is 4.41. The highest BCUT2D eigenvalue weighted by atomic mass is 16.5. The van der Waals surface area contributed by atoms with Crippen molar-refractivity contribution in [3.05, 3.63) is 101 Å². The summed E-state index contributed by atoms with van der Waals surface area (Å²) in [6.45, 7) is 9.58. The van der Waals surface area contributed by atoms with Crippen LogP contribution in [0.15, 0.2) is 78.9 Å². The highest BCUT2D eigenvalue weighted by Gasteiger charge is 2.30. The van der Waals surface area contributed by atoms with Gasteiger partial charge in [0.1, 0.15) is 12.6 Å². The molecule has 3 aromatic carbocycles. The number of amides is 2. The molecule has 7 nitrogen and oxygen atoms in total.